The van der Waals surface area contributed by atoms with Gasteiger partial charge in [0, 0.05) is 29.6 Å². The molecule has 2 aromatic rings. The van der Waals surface area contributed by atoms with Crippen molar-refractivity contribution >= 4 is 29.1 Å². The van der Waals surface area contributed by atoms with Gasteiger partial charge in [0.05, 0.1) is 11.7 Å². The minimum absolute atomic E-state index is 0.0709. The Bertz CT molecular complexity index is 897. The van der Waals surface area contributed by atoms with Gasteiger partial charge in [-0.25, -0.2) is 8.78 Å². The highest BCUT2D eigenvalue weighted by Crippen LogP contribution is 2.32. The average Bonchev–Trinajstić information content (AvgIpc) is 3.19. The summed E-state index contributed by atoms with van der Waals surface area (Å²) in [4.78, 5) is 25.9. The molecule has 1 fully saturated rings. The molecule has 0 radical (unpaired) electrons. The molecule has 29 heavy (non-hydrogen) atoms. The zero-order chi connectivity index (χ0) is 21.0. The molecule has 1 saturated heterocycles. The standard InChI is InChI=1S/C21H22ClF2N3O2/c1-13(28)26-18-11-14(7-8-16(18)23)21(29)25-12-19(27-9-2-3-10-27)20-15(22)5-4-6-17(20)24/h4-8,11,19H,2-3,9-10,12H2,1H3,(H,25,29)(H,26,28). The Labute approximate surface area is 173 Å². The summed E-state index contributed by atoms with van der Waals surface area (Å²) in [7, 11) is 0. The SMILES string of the molecule is CC(=O)Nc1cc(C(=O)NCC(c2c(F)cccc2Cl)N2CCCC2)ccc1F. The van der Waals surface area contributed by atoms with Crippen LogP contribution in [0, 0.1) is 11.6 Å². The van der Waals surface area contributed by atoms with Gasteiger partial charge >= 0.3 is 0 Å². The summed E-state index contributed by atoms with van der Waals surface area (Å²) in [6.45, 7) is 2.97. The first-order chi connectivity index (χ1) is 13.9. The van der Waals surface area contributed by atoms with Crippen LogP contribution in [0.25, 0.3) is 0 Å². The molecule has 154 valence electrons. The lowest BCUT2D eigenvalue weighted by Gasteiger charge is -2.29. The maximum absolute atomic E-state index is 14.5. The molecule has 2 aromatic carbocycles. The summed E-state index contributed by atoms with van der Waals surface area (Å²) in [5.74, 6) is -1.94. The Morgan fingerprint density at radius 2 is 1.86 bits per heavy atom. The van der Waals surface area contributed by atoms with E-state index in [2.05, 4.69) is 15.5 Å². The minimum atomic E-state index is -0.634. The van der Waals surface area contributed by atoms with Gasteiger partial charge < -0.3 is 10.6 Å². The first kappa shape index (κ1) is 21.2. The van der Waals surface area contributed by atoms with Crippen LogP contribution in [0.4, 0.5) is 14.5 Å². The summed E-state index contributed by atoms with van der Waals surface area (Å²) in [5, 5.41) is 5.45. The van der Waals surface area contributed by atoms with Gasteiger partial charge in [0.1, 0.15) is 11.6 Å². The molecule has 2 N–H and O–H groups in total. The van der Waals surface area contributed by atoms with Crippen molar-refractivity contribution < 1.29 is 18.4 Å². The van der Waals surface area contributed by atoms with Gasteiger partial charge in [0.15, 0.2) is 0 Å². The second kappa shape index (κ2) is 9.33. The average molecular weight is 422 g/mol. The van der Waals surface area contributed by atoms with Gasteiger partial charge in [-0.2, -0.15) is 0 Å². The number of carbonyl (C=O) groups excluding carboxylic acids is 2. The number of rotatable bonds is 6. The van der Waals surface area contributed by atoms with Crippen LogP contribution in [-0.4, -0.2) is 36.3 Å². The number of carbonyl (C=O) groups is 2. The number of likely N-dealkylation sites (tertiary alicyclic amines) is 1. The highest BCUT2D eigenvalue weighted by Gasteiger charge is 2.28. The number of nitrogens with zero attached hydrogens (tertiary/aromatic N) is 1. The summed E-state index contributed by atoms with van der Waals surface area (Å²) in [6.07, 6.45) is 1.99. The third-order valence-corrected chi connectivity index (χ3v) is 5.24. The van der Waals surface area contributed by atoms with Gasteiger partial charge in [-0.15, -0.1) is 0 Å². The van der Waals surface area contributed by atoms with E-state index < -0.39 is 29.5 Å². The Morgan fingerprint density at radius 3 is 2.52 bits per heavy atom. The molecular weight excluding hydrogens is 400 g/mol. The van der Waals surface area contributed by atoms with Gasteiger partial charge in [-0.3, -0.25) is 14.5 Å². The van der Waals surface area contributed by atoms with Gasteiger partial charge in [0.25, 0.3) is 5.91 Å². The molecule has 1 heterocycles. The van der Waals surface area contributed by atoms with Crippen molar-refractivity contribution in [1.29, 1.82) is 0 Å². The third kappa shape index (κ3) is 5.10. The summed E-state index contributed by atoms with van der Waals surface area (Å²) in [6, 6.07) is 7.83. The molecule has 1 aliphatic heterocycles. The van der Waals surface area contributed by atoms with Crippen molar-refractivity contribution in [3.63, 3.8) is 0 Å². The van der Waals surface area contributed by atoms with Gasteiger partial charge in [-0.1, -0.05) is 17.7 Å². The zero-order valence-electron chi connectivity index (χ0n) is 16.0. The summed E-state index contributed by atoms with van der Waals surface area (Å²) >= 11 is 6.26. The third-order valence-electron chi connectivity index (χ3n) is 4.91. The van der Waals surface area contributed by atoms with Crippen LogP contribution >= 0.6 is 11.6 Å². The Kier molecular flexibility index (Phi) is 6.82. The highest BCUT2D eigenvalue weighted by atomic mass is 35.5. The fourth-order valence-electron chi connectivity index (χ4n) is 3.54. The lowest BCUT2D eigenvalue weighted by atomic mass is 10.0. The number of anilines is 1. The van der Waals surface area contributed by atoms with E-state index in [1.54, 1.807) is 12.1 Å². The van der Waals surface area contributed by atoms with Gasteiger partial charge in [0.2, 0.25) is 5.91 Å². The van der Waals surface area contributed by atoms with Crippen LogP contribution < -0.4 is 10.6 Å². The zero-order valence-corrected chi connectivity index (χ0v) is 16.7. The van der Waals surface area contributed by atoms with Crippen LogP contribution in [0.5, 0.6) is 0 Å². The van der Waals surface area contributed by atoms with E-state index in [1.165, 1.54) is 25.1 Å². The van der Waals surface area contributed by atoms with Crippen LogP contribution in [0.1, 0.15) is 41.7 Å². The molecule has 1 aliphatic rings. The van der Waals surface area contributed by atoms with Crippen molar-refractivity contribution in [2.24, 2.45) is 0 Å². The smallest absolute Gasteiger partial charge is 0.251 e. The highest BCUT2D eigenvalue weighted by molar-refractivity contribution is 6.31. The molecule has 0 aliphatic carbocycles. The maximum Gasteiger partial charge on any atom is 0.251 e. The van der Waals surface area contributed by atoms with Gasteiger partial charge in [-0.05, 0) is 56.3 Å². The summed E-state index contributed by atoms with van der Waals surface area (Å²) in [5.41, 5.74) is 0.475. The molecular formula is C21H22ClF2N3O2. The van der Waals surface area contributed by atoms with Crippen molar-refractivity contribution in [3.8, 4) is 0 Å². The lowest BCUT2D eigenvalue weighted by molar-refractivity contribution is -0.114. The molecule has 0 bridgehead atoms. The van der Waals surface area contributed by atoms with E-state index in [9.17, 15) is 18.4 Å². The number of halogens is 3. The number of benzene rings is 2. The Hall–Kier alpha value is -2.51. The second-order valence-corrected chi connectivity index (χ2v) is 7.39. The largest absolute Gasteiger partial charge is 0.350 e. The predicted octanol–water partition coefficient (Wildman–Crippen LogP) is 4.14. The molecule has 8 heteroatoms. The van der Waals surface area contributed by atoms with Crippen LogP contribution in [0.3, 0.4) is 0 Å². The van der Waals surface area contributed by atoms with E-state index in [4.69, 9.17) is 11.6 Å². The number of nitrogens with one attached hydrogen (secondary N) is 2. The summed E-state index contributed by atoms with van der Waals surface area (Å²) < 4.78 is 28.3. The van der Waals surface area contributed by atoms with E-state index in [0.717, 1.165) is 32.0 Å². The molecule has 5 nitrogen and oxygen atoms in total. The quantitative estimate of drug-likeness (QED) is 0.736. The Morgan fingerprint density at radius 1 is 1.14 bits per heavy atom. The normalized spacial score (nSPS) is 15.2. The fourth-order valence-corrected chi connectivity index (χ4v) is 3.83. The topological polar surface area (TPSA) is 61.4 Å². The first-order valence-corrected chi connectivity index (χ1v) is 9.78. The first-order valence-electron chi connectivity index (χ1n) is 9.40. The van der Waals surface area contributed by atoms with Crippen molar-refractivity contribution in [2.45, 2.75) is 25.8 Å². The van der Waals surface area contributed by atoms with Crippen LogP contribution in [0.15, 0.2) is 36.4 Å². The lowest BCUT2D eigenvalue weighted by Crippen LogP contribution is -2.37. The van der Waals surface area contributed by atoms with Crippen LogP contribution in [-0.2, 0) is 4.79 Å². The van der Waals surface area contributed by atoms with Crippen molar-refractivity contribution in [1.82, 2.24) is 10.2 Å². The molecule has 1 atom stereocenters. The molecule has 0 saturated carbocycles. The molecule has 3 rings (SSSR count). The molecule has 2 amide bonds. The second-order valence-electron chi connectivity index (χ2n) is 6.98. The Balaban J connectivity index is 1.79. The maximum atomic E-state index is 14.5. The van der Waals surface area contributed by atoms with Crippen LogP contribution in [0.2, 0.25) is 5.02 Å². The van der Waals surface area contributed by atoms with E-state index in [0.29, 0.717) is 10.6 Å². The fraction of sp³-hybridized carbons (Fsp3) is 0.333. The van der Waals surface area contributed by atoms with Crippen molar-refractivity contribution in [2.75, 3.05) is 25.0 Å². The number of amides is 2. The minimum Gasteiger partial charge on any atom is -0.350 e. The predicted molar refractivity (Wildman–Crippen MR) is 108 cm³/mol. The van der Waals surface area contributed by atoms with Crippen molar-refractivity contribution in [3.05, 3.63) is 64.2 Å². The number of hydrogen-bond acceptors (Lipinski definition) is 3. The number of hydrogen-bond donors (Lipinski definition) is 2. The molecule has 0 aromatic heterocycles. The molecule has 0 spiro atoms. The van der Waals surface area contributed by atoms with E-state index in [1.807, 2.05) is 0 Å². The van der Waals surface area contributed by atoms with E-state index in [-0.39, 0.29) is 17.8 Å². The molecule has 1 unspecified atom stereocenters. The monoisotopic (exact) mass is 421 g/mol. The van der Waals surface area contributed by atoms with E-state index >= 15 is 0 Å².